The Morgan fingerprint density at radius 1 is 0.649 bits per heavy atom. The topological polar surface area (TPSA) is 28.7 Å². The van der Waals surface area contributed by atoms with Gasteiger partial charge in [0.05, 0.1) is 28.4 Å². The minimum Gasteiger partial charge on any atom is -0.309 e. The molecule has 1 heterocycles. The number of nitriles is 1. The quantitative estimate of drug-likeness (QED) is 0.245. The van der Waals surface area contributed by atoms with Crippen LogP contribution >= 0.6 is 0 Å². The second-order valence-electron chi connectivity index (χ2n) is 9.23. The zero-order valence-electron chi connectivity index (χ0n) is 20.7. The highest BCUT2D eigenvalue weighted by Crippen LogP contribution is 2.38. The molecule has 0 saturated heterocycles. The van der Waals surface area contributed by atoms with Crippen LogP contribution in [-0.2, 0) is 0 Å². The lowest BCUT2D eigenvalue weighted by Crippen LogP contribution is -1.98. The number of allylic oxidation sites excluding steroid dienone is 1. The van der Waals surface area contributed by atoms with E-state index in [9.17, 15) is 5.26 Å². The summed E-state index contributed by atoms with van der Waals surface area (Å²) in [6.45, 7) is 2.14. The SMILES string of the molecule is CC/C=C/c1ccc(C#N)cc1-n1c2ccc(-c3ccccc3)cc2c2cc(-c3ccccc3)ccc21. The lowest BCUT2D eigenvalue weighted by Gasteiger charge is -2.13. The van der Waals surface area contributed by atoms with E-state index >= 15 is 0 Å². The second kappa shape index (κ2) is 9.64. The first-order valence-corrected chi connectivity index (χ1v) is 12.7. The van der Waals surface area contributed by atoms with Crippen LogP contribution in [0.15, 0.2) is 121 Å². The molecule has 0 aliphatic rings. The minimum atomic E-state index is 0.653. The fourth-order valence-corrected chi connectivity index (χ4v) is 5.10. The van der Waals surface area contributed by atoms with E-state index in [1.807, 2.05) is 30.3 Å². The first-order chi connectivity index (χ1) is 18.3. The van der Waals surface area contributed by atoms with Crippen molar-refractivity contribution in [1.82, 2.24) is 4.57 Å². The van der Waals surface area contributed by atoms with E-state index in [-0.39, 0.29) is 0 Å². The molecule has 2 nitrogen and oxygen atoms in total. The molecule has 6 rings (SSSR count). The van der Waals surface area contributed by atoms with Gasteiger partial charge in [0.2, 0.25) is 0 Å². The van der Waals surface area contributed by atoms with Gasteiger partial charge in [0.1, 0.15) is 0 Å². The molecule has 0 spiro atoms. The summed E-state index contributed by atoms with van der Waals surface area (Å²) >= 11 is 0. The van der Waals surface area contributed by atoms with Gasteiger partial charge in [0.25, 0.3) is 0 Å². The summed E-state index contributed by atoms with van der Waals surface area (Å²) in [5.41, 5.74) is 9.79. The fraction of sp³-hybridized carbons (Fsp3) is 0.0571. The van der Waals surface area contributed by atoms with Gasteiger partial charge in [-0.2, -0.15) is 5.26 Å². The fourth-order valence-electron chi connectivity index (χ4n) is 5.10. The molecule has 1 aromatic heterocycles. The predicted molar refractivity (Wildman–Crippen MR) is 156 cm³/mol. The molecule has 0 aliphatic carbocycles. The number of benzene rings is 5. The normalized spacial score (nSPS) is 11.4. The van der Waals surface area contributed by atoms with Crippen LogP contribution < -0.4 is 0 Å². The molecule has 0 saturated carbocycles. The monoisotopic (exact) mass is 474 g/mol. The highest BCUT2D eigenvalue weighted by molar-refractivity contribution is 6.11. The van der Waals surface area contributed by atoms with Crippen LogP contribution in [0.4, 0.5) is 0 Å². The van der Waals surface area contributed by atoms with E-state index in [1.54, 1.807) is 0 Å². The summed E-state index contributed by atoms with van der Waals surface area (Å²) in [5.74, 6) is 0. The summed E-state index contributed by atoms with van der Waals surface area (Å²) in [4.78, 5) is 0. The van der Waals surface area contributed by atoms with Crippen LogP contribution in [0.3, 0.4) is 0 Å². The van der Waals surface area contributed by atoms with Gasteiger partial charge in [-0.3, -0.25) is 0 Å². The molecule has 0 amide bonds. The number of rotatable bonds is 5. The maximum Gasteiger partial charge on any atom is 0.0992 e. The van der Waals surface area contributed by atoms with E-state index in [4.69, 9.17) is 0 Å². The summed E-state index contributed by atoms with van der Waals surface area (Å²) in [7, 11) is 0. The molecule has 0 aliphatic heterocycles. The lowest BCUT2D eigenvalue weighted by molar-refractivity contribution is 1.17. The first kappa shape index (κ1) is 22.6. The number of hydrogen-bond donors (Lipinski definition) is 0. The number of hydrogen-bond acceptors (Lipinski definition) is 1. The van der Waals surface area contributed by atoms with Gasteiger partial charge in [0, 0.05) is 10.8 Å². The number of fused-ring (bicyclic) bond motifs is 3. The number of aromatic nitrogens is 1. The van der Waals surface area contributed by atoms with Crippen LogP contribution in [0.5, 0.6) is 0 Å². The third kappa shape index (κ3) is 4.11. The van der Waals surface area contributed by atoms with E-state index in [1.165, 1.54) is 33.0 Å². The van der Waals surface area contributed by atoms with Crippen LogP contribution in [0.1, 0.15) is 24.5 Å². The zero-order valence-corrected chi connectivity index (χ0v) is 20.7. The van der Waals surface area contributed by atoms with E-state index < -0.39 is 0 Å². The van der Waals surface area contributed by atoms with Crippen molar-refractivity contribution in [3.8, 4) is 34.0 Å². The summed E-state index contributed by atoms with van der Waals surface area (Å²) < 4.78 is 2.31. The smallest absolute Gasteiger partial charge is 0.0992 e. The van der Waals surface area contributed by atoms with Crippen LogP contribution in [0.2, 0.25) is 0 Å². The van der Waals surface area contributed by atoms with Crippen molar-refractivity contribution in [2.75, 3.05) is 0 Å². The molecule has 0 unspecified atom stereocenters. The molecule has 0 radical (unpaired) electrons. The third-order valence-electron chi connectivity index (χ3n) is 6.91. The van der Waals surface area contributed by atoms with Gasteiger partial charge < -0.3 is 4.57 Å². The molecule has 176 valence electrons. The molecule has 0 atom stereocenters. The predicted octanol–water partition coefficient (Wildman–Crippen LogP) is 9.41. The van der Waals surface area contributed by atoms with Crippen LogP contribution in [0.25, 0.3) is 55.8 Å². The van der Waals surface area contributed by atoms with E-state index in [2.05, 4.69) is 115 Å². The largest absolute Gasteiger partial charge is 0.309 e. The molecular weight excluding hydrogens is 448 g/mol. The highest BCUT2D eigenvalue weighted by Gasteiger charge is 2.16. The van der Waals surface area contributed by atoms with Gasteiger partial charge in [-0.1, -0.05) is 97.9 Å². The third-order valence-corrected chi connectivity index (χ3v) is 6.91. The lowest BCUT2D eigenvalue weighted by atomic mass is 10.0. The Labute approximate surface area is 217 Å². The molecule has 2 heteroatoms. The van der Waals surface area contributed by atoms with Crippen molar-refractivity contribution in [1.29, 1.82) is 5.26 Å². The van der Waals surface area contributed by atoms with Crippen LogP contribution in [0, 0.1) is 11.3 Å². The van der Waals surface area contributed by atoms with Crippen molar-refractivity contribution in [2.45, 2.75) is 13.3 Å². The highest BCUT2D eigenvalue weighted by atomic mass is 15.0. The number of nitrogens with zero attached hydrogens (tertiary/aromatic N) is 2. The van der Waals surface area contributed by atoms with Crippen molar-refractivity contribution < 1.29 is 0 Å². The molecule has 5 aromatic carbocycles. The Balaban J connectivity index is 1.69. The van der Waals surface area contributed by atoms with Gasteiger partial charge >= 0.3 is 0 Å². The maximum absolute atomic E-state index is 9.70. The standard InChI is InChI=1S/C35H26N2/c1-2-3-10-28-16-15-25(24-36)21-35(28)37-33-19-17-29(26-11-6-4-7-12-26)22-31(33)32-23-30(18-20-34(32)37)27-13-8-5-9-14-27/h3-23H,2H2,1H3/b10-3+. The van der Waals surface area contributed by atoms with E-state index in [0.717, 1.165) is 28.7 Å². The Bertz CT molecular complexity index is 1700. The van der Waals surface area contributed by atoms with Crippen molar-refractivity contribution in [3.63, 3.8) is 0 Å². The second-order valence-corrected chi connectivity index (χ2v) is 9.23. The van der Waals surface area contributed by atoms with Gasteiger partial charge in [-0.05, 0) is 70.6 Å². The molecule has 6 aromatic rings. The van der Waals surface area contributed by atoms with Crippen molar-refractivity contribution in [2.24, 2.45) is 0 Å². The summed E-state index contributed by atoms with van der Waals surface area (Å²) in [6.07, 6.45) is 5.28. The molecule has 0 N–H and O–H groups in total. The van der Waals surface area contributed by atoms with Gasteiger partial charge in [-0.25, -0.2) is 0 Å². The van der Waals surface area contributed by atoms with Crippen molar-refractivity contribution in [3.05, 3.63) is 132 Å². The maximum atomic E-state index is 9.70. The summed E-state index contributed by atoms with van der Waals surface area (Å²) in [5, 5.41) is 12.1. The Morgan fingerprint density at radius 3 is 1.73 bits per heavy atom. The average molecular weight is 475 g/mol. The Kier molecular flexibility index (Phi) is 5.89. The molecule has 0 bridgehead atoms. The molecular formula is C35H26N2. The molecule has 0 fully saturated rings. The Morgan fingerprint density at radius 2 is 1.22 bits per heavy atom. The first-order valence-electron chi connectivity index (χ1n) is 12.7. The summed E-state index contributed by atoms with van der Waals surface area (Å²) in [6, 6.07) is 42.7. The van der Waals surface area contributed by atoms with Gasteiger partial charge in [-0.15, -0.1) is 0 Å². The van der Waals surface area contributed by atoms with Crippen molar-refractivity contribution >= 4 is 27.9 Å². The Hall–Kier alpha value is -4.87. The molecule has 37 heavy (non-hydrogen) atoms. The van der Waals surface area contributed by atoms with E-state index in [0.29, 0.717) is 5.56 Å². The zero-order chi connectivity index (χ0) is 25.2. The minimum absolute atomic E-state index is 0.653. The average Bonchev–Trinajstić information content (AvgIpc) is 3.29. The van der Waals surface area contributed by atoms with Gasteiger partial charge in [0.15, 0.2) is 0 Å². The van der Waals surface area contributed by atoms with Crippen LogP contribution in [-0.4, -0.2) is 4.57 Å².